The van der Waals surface area contributed by atoms with Crippen molar-refractivity contribution in [3.05, 3.63) is 28.4 Å². The molecule has 3 aliphatic heterocycles. The standard InChI is InChI=1S/C21H28F2N4O4/c22-20(23)17-10-18(28)26(13-24-17)11-14-1-5-25(6-2-14)21(30)15-9-19(29)27(12-15)16-3-7-31-8-4-16/h10,13-16,20H,1-9,11-12H2. The molecule has 2 amide bonds. The van der Waals surface area contributed by atoms with Gasteiger partial charge in [-0.15, -0.1) is 0 Å². The molecule has 4 heterocycles. The third kappa shape index (κ3) is 4.94. The molecule has 3 fully saturated rings. The normalized spacial score (nSPS) is 23.7. The monoisotopic (exact) mass is 438 g/mol. The number of likely N-dealkylation sites (tertiary alicyclic amines) is 2. The van der Waals surface area contributed by atoms with E-state index in [1.54, 1.807) is 0 Å². The Morgan fingerprint density at radius 3 is 2.52 bits per heavy atom. The number of hydrogen-bond donors (Lipinski definition) is 0. The molecule has 4 rings (SSSR count). The summed E-state index contributed by atoms with van der Waals surface area (Å²) in [6.45, 7) is 3.34. The minimum absolute atomic E-state index is 0.0291. The molecule has 0 N–H and O–H groups in total. The Labute approximate surface area is 179 Å². The summed E-state index contributed by atoms with van der Waals surface area (Å²) in [4.78, 5) is 44.8. The average Bonchev–Trinajstić information content (AvgIpc) is 3.17. The molecular formula is C21H28F2N4O4. The van der Waals surface area contributed by atoms with Crippen molar-refractivity contribution in [1.29, 1.82) is 0 Å². The highest BCUT2D eigenvalue weighted by Crippen LogP contribution is 2.28. The molecule has 1 aromatic heterocycles. The number of hydrogen-bond acceptors (Lipinski definition) is 5. The second-order valence-corrected chi connectivity index (χ2v) is 8.66. The third-order valence-corrected chi connectivity index (χ3v) is 6.64. The molecule has 1 aromatic rings. The van der Waals surface area contributed by atoms with E-state index in [4.69, 9.17) is 4.74 Å². The molecule has 170 valence electrons. The Bertz CT molecular complexity index is 863. The lowest BCUT2D eigenvalue weighted by atomic mass is 9.95. The first-order valence-electron chi connectivity index (χ1n) is 10.9. The van der Waals surface area contributed by atoms with Crippen molar-refractivity contribution in [3.8, 4) is 0 Å². The Balaban J connectivity index is 1.28. The van der Waals surface area contributed by atoms with Crippen LogP contribution >= 0.6 is 0 Å². The van der Waals surface area contributed by atoms with E-state index in [0.717, 1.165) is 31.7 Å². The van der Waals surface area contributed by atoms with Crippen LogP contribution in [0.3, 0.4) is 0 Å². The number of carbonyl (C=O) groups is 2. The molecular weight excluding hydrogens is 410 g/mol. The third-order valence-electron chi connectivity index (χ3n) is 6.64. The van der Waals surface area contributed by atoms with Gasteiger partial charge in [0.05, 0.1) is 12.2 Å². The first-order valence-corrected chi connectivity index (χ1v) is 10.9. The number of aromatic nitrogens is 2. The number of nitrogens with zero attached hydrogens (tertiary/aromatic N) is 4. The molecule has 0 radical (unpaired) electrons. The maximum atomic E-state index is 13.0. The molecule has 10 heteroatoms. The molecule has 3 aliphatic rings. The summed E-state index contributed by atoms with van der Waals surface area (Å²) in [5, 5.41) is 0. The summed E-state index contributed by atoms with van der Waals surface area (Å²) in [7, 11) is 0. The molecule has 8 nitrogen and oxygen atoms in total. The van der Waals surface area contributed by atoms with Gasteiger partial charge in [-0.25, -0.2) is 13.8 Å². The van der Waals surface area contributed by atoms with E-state index in [1.165, 1.54) is 10.9 Å². The summed E-state index contributed by atoms with van der Waals surface area (Å²) < 4.78 is 32.0. The van der Waals surface area contributed by atoms with Crippen LogP contribution < -0.4 is 5.56 Å². The highest BCUT2D eigenvalue weighted by atomic mass is 19.3. The van der Waals surface area contributed by atoms with E-state index in [2.05, 4.69) is 4.98 Å². The quantitative estimate of drug-likeness (QED) is 0.695. The Kier molecular flexibility index (Phi) is 6.64. The highest BCUT2D eigenvalue weighted by Gasteiger charge is 2.40. The number of piperidine rings is 1. The van der Waals surface area contributed by atoms with Gasteiger partial charge in [0.15, 0.2) is 0 Å². The van der Waals surface area contributed by atoms with Crippen LogP contribution in [-0.2, 0) is 20.9 Å². The van der Waals surface area contributed by atoms with Gasteiger partial charge in [0.1, 0.15) is 5.69 Å². The van der Waals surface area contributed by atoms with Crippen molar-refractivity contribution in [2.24, 2.45) is 11.8 Å². The summed E-state index contributed by atoms with van der Waals surface area (Å²) in [5.74, 6) is -0.0359. The van der Waals surface area contributed by atoms with Crippen LogP contribution in [-0.4, -0.2) is 70.1 Å². The smallest absolute Gasteiger partial charge is 0.280 e. The van der Waals surface area contributed by atoms with Crippen LogP contribution in [0.1, 0.15) is 44.2 Å². The lowest BCUT2D eigenvalue weighted by molar-refractivity contribution is -0.137. The number of ether oxygens (including phenoxy) is 1. The molecule has 0 aromatic carbocycles. The number of halogens is 2. The van der Waals surface area contributed by atoms with Crippen molar-refractivity contribution in [2.75, 3.05) is 32.8 Å². The molecule has 0 saturated carbocycles. The van der Waals surface area contributed by atoms with Crippen molar-refractivity contribution < 1.29 is 23.1 Å². The minimum Gasteiger partial charge on any atom is -0.381 e. The first kappa shape index (κ1) is 21.9. The lowest BCUT2D eigenvalue weighted by Crippen LogP contribution is -2.44. The van der Waals surface area contributed by atoms with Crippen LogP contribution in [0, 0.1) is 11.8 Å². The maximum absolute atomic E-state index is 13.0. The van der Waals surface area contributed by atoms with Crippen LogP contribution in [0.25, 0.3) is 0 Å². The number of carbonyl (C=O) groups excluding carboxylic acids is 2. The topological polar surface area (TPSA) is 84.7 Å². The summed E-state index contributed by atoms with van der Waals surface area (Å²) in [6.07, 6.45) is 1.78. The van der Waals surface area contributed by atoms with E-state index in [0.29, 0.717) is 39.4 Å². The maximum Gasteiger partial charge on any atom is 0.280 e. The van der Waals surface area contributed by atoms with Gasteiger partial charge in [-0.2, -0.15) is 0 Å². The van der Waals surface area contributed by atoms with Gasteiger partial charge in [0.25, 0.3) is 12.0 Å². The Hall–Kier alpha value is -2.36. The predicted octanol–water partition coefficient (Wildman–Crippen LogP) is 1.45. The lowest BCUT2D eigenvalue weighted by Gasteiger charge is -2.34. The first-order chi connectivity index (χ1) is 14.9. The molecule has 0 spiro atoms. The fraction of sp³-hybridized carbons (Fsp3) is 0.714. The van der Waals surface area contributed by atoms with E-state index in [1.807, 2.05) is 9.80 Å². The molecule has 1 unspecified atom stereocenters. The minimum atomic E-state index is -2.76. The summed E-state index contributed by atoms with van der Waals surface area (Å²) in [5.41, 5.74) is -0.996. The zero-order valence-corrected chi connectivity index (χ0v) is 17.4. The summed E-state index contributed by atoms with van der Waals surface area (Å²) >= 11 is 0. The van der Waals surface area contributed by atoms with Gasteiger partial charge in [-0.3, -0.25) is 19.0 Å². The SMILES string of the molecule is O=C(C1CC(=O)N(C2CCOCC2)C1)N1CCC(Cn2cnc(C(F)F)cc2=O)CC1. The van der Waals surface area contributed by atoms with Crippen molar-refractivity contribution in [2.45, 2.75) is 51.1 Å². The van der Waals surface area contributed by atoms with Crippen LogP contribution in [0.2, 0.25) is 0 Å². The van der Waals surface area contributed by atoms with Crippen LogP contribution in [0.15, 0.2) is 17.2 Å². The second-order valence-electron chi connectivity index (χ2n) is 8.66. The van der Waals surface area contributed by atoms with Crippen LogP contribution in [0.5, 0.6) is 0 Å². The van der Waals surface area contributed by atoms with E-state index in [-0.39, 0.29) is 36.1 Å². The van der Waals surface area contributed by atoms with Gasteiger partial charge in [0.2, 0.25) is 11.8 Å². The predicted molar refractivity (Wildman–Crippen MR) is 106 cm³/mol. The largest absolute Gasteiger partial charge is 0.381 e. The van der Waals surface area contributed by atoms with Crippen LogP contribution in [0.4, 0.5) is 8.78 Å². The second kappa shape index (κ2) is 9.42. The van der Waals surface area contributed by atoms with Gasteiger partial charge >= 0.3 is 0 Å². The zero-order valence-electron chi connectivity index (χ0n) is 17.4. The molecule has 0 bridgehead atoms. The fourth-order valence-corrected chi connectivity index (χ4v) is 4.82. The Morgan fingerprint density at radius 2 is 1.87 bits per heavy atom. The zero-order chi connectivity index (χ0) is 22.0. The van der Waals surface area contributed by atoms with Gasteiger partial charge in [-0.05, 0) is 31.6 Å². The van der Waals surface area contributed by atoms with Crippen molar-refractivity contribution in [3.63, 3.8) is 0 Å². The van der Waals surface area contributed by atoms with E-state index < -0.39 is 17.7 Å². The van der Waals surface area contributed by atoms with Gasteiger partial charge in [0, 0.05) is 57.9 Å². The average molecular weight is 438 g/mol. The molecule has 31 heavy (non-hydrogen) atoms. The highest BCUT2D eigenvalue weighted by molar-refractivity contribution is 5.89. The Morgan fingerprint density at radius 1 is 1.16 bits per heavy atom. The number of alkyl halides is 2. The molecule has 3 saturated heterocycles. The molecule has 1 atom stereocenters. The van der Waals surface area contributed by atoms with Gasteiger partial charge in [-0.1, -0.05) is 0 Å². The fourth-order valence-electron chi connectivity index (χ4n) is 4.82. The summed E-state index contributed by atoms with van der Waals surface area (Å²) in [6, 6.07) is 1.05. The molecule has 0 aliphatic carbocycles. The number of rotatable bonds is 5. The number of amides is 2. The van der Waals surface area contributed by atoms with E-state index >= 15 is 0 Å². The van der Waals surface area contributed by atoms with E-state index in [9.17, 15) is 23.2 Å². The van der Waals surface area contributed by atoms with Crippen molar-refractivity contribution in [1.82, 2.24) is 19.4 Å². The van der Waals surface area contributed by atoms with Crippen molar-refractivity contribution >= 4 is 11.8 Å². The van der Waals surface area contributed by atoms with Gasteiger partial charge < -0.3 is 14.5 Å².